The minimum absolute atomic E-state index is 0.257. The Kier molecular flexibility index (Phi) is 3.98. The molecule has 12 heavy (non-hydrogen) atoms. The van der Waals surface area contributed by atoms with Gasteiger partial charge in [0.15, 0.2) is 0 Å². The molecule has 0 bridgehead atoms. The fourth-order valence-corrected chi connectivity index (χ4v) is 1.72. The quantitative estimate of drug-likeness (QED) is 0.631. The van der Waals surface area contributed by atoms with Crippen molar-refractivity contribution >= 4 is 0 Å². The molecule has 0 saturated carbocycles. The van der Waals surface area contributed by atoms with Gasteiger partial charge in [-0.3, -0.25) is 4.90 Å². The minimum atomic E-state index is 0.257. The molecule has 3 heteroatoms. The predicted molar refractivity (Wildman–Crippen MR) is 50.2 cm³/mol. The minimum Gasteiger partial charge on any atom is -0.395 e. The van der Waals surface area contributed by atoms with Crippen LogP contribution in [0.15, 0.2) is 0 Å². The van der Waals surface area contributed by atoms with Crippen LogP contribution in [0.4, 0.5) is 0 Å². The number of hydrogen-bond donors (Lipinski definition) is 2. The number of piperazine rings is 1. The van der Waals surface area contributed by atoms with E-state index in [2.05, 4.69) is 24.1 Å². The maximum atomic E-state index is 8.97. The fourth-order valence-electron chi connectivity index (χ4n) is 1.72. The Hall–Kier alpha value is -0.120. The Morgan fingerprint density at radius 1 is 1.58 bits per heavy atom. The molecule has 2 atom stereocenters. The smallest absolute Gasteiger partial charge is 0.0597 e. The van der Waals surface area contributed by atoms with Crippen LogP contribution in [-0.4, -0.2) is 48.3 Å². The molecule has 0 radical (unpaired) electrons. The van der Waals surface area contributed by atoms with Crippen LogP contribution >= 0.6 is 0 Å². The fraction of sp³-hybridized carbons (Fsp3) is 1.00. The average molecular weight is 172 g/mol. The zero-order valence-electron chi connectivity index (χ0n) is 8.08. The van der Waals surface area contributed by atoms with Crippen LogP contribution in [-0.2, 0) is 0 Å². The van der Waals surface area contributed by atoms with Gasteiger partial charge in [-0.15, -0.1) is 0 Å². The number of hydrogen-bond acceptors (Lipinski definition) is 3. The summed E-state index contributed by atoms with van der Waals surface area (Å²) in [4.78, 5) is 2.44. The van der Waals surface area contributed by atoms with Gasteiger partial charge in [-0.1, -0.05) is 6.92 Å². The first kappa shape index (κ1) is 9.96. The van der Waals surface area contributed by atoms with Crippen LogP contribution in [0.25, 0.3) is 0 Å². The lowest BCUT2D eigenvalue weighted by molar-refractivity contribution is 0.109. The summed E-state index contributed by atoms with van der Waals surface area (Å²) >= 11 is 0. The maximum absolute atomic E-state index is 8.97. The number of nitrogens with zero attached hydrogens (tertiary/aromatic N) is 1. The van der Waals surface area contributed by atoms with E-state index in [1.807, 2.05) is 0 Å². The third kappa shape index (κ3) is 2.44. The van der Waals surface area contributed by atoms with E-state index in [9.17, 15) is 0 Å². The zero-order valence-corrected chi connectivity index (χ0v) is 8.08. The van der Waals surface area contributed by atoms with Gasteiger partial charge in [0.25, 0.3) is 0 Å². The first-order valence-corrected chi connectivity index (χ1v) is 4.86. The van der Waals surface area contributed by atoms with Gasteiger partial charge < -0.3 is 10.4 Å². The van der Waals surface area contributed by atoms with Crippen LogP contribution in [0.2, 0.25) is 0 Å². The highest BCUT2D eigenvalue weighted by molar-refractivity contribution is 4.82. The highest BCUT2D eigenvalue weighted by Crippen LogP contribution is 2.06. The van der Waals surface area contributed by atoms with E-state index in [0.717, 1.165) is 19.6 Å². The van der Waals surface area contributed by atoms with Crippen molar-refractivity contribution in [3.63, 3.8) is 0 Å². The lowest BCUT2D eigenvalue weighted by Gasteiger charge is -2.37. The van der Waals surface area contributed by atoms with Crippen LogP contribution < -0.4 is 5.32 Å². The molecule has 0 aliphatic carbocycles. The molecule has 1 aliphatic heterocycles. The normalized spacial score (nSPS) is 32.2. The summed E-state index contributed by atoms with van der Waals surface area (Å²) in [6, 6.07) is 0.903. The van der Waals surface area contributed by atoms with Gasteiger partial charge in [0.2, 0.25) is 0 Å². The molecule has 3 nitrogen and oxygen atoms in total. The van der Waals surface area contributed by atoms with E-state index in [0.29, 0.717) is 6.04 Å². The first-order chi connectivity index (χ1) is 5.77. The highest BCUT2D eigenvalue weighted by Gasteiger charge is 2.22. The van der Waals surface area contributed by atoms with Crippen molar-refractivity contribution in [2.24, 2.45) is 0 Å². The summed E-state index contributed by atoms with van der Waals surface area (Å²) in [5.41, 5.74) is 0. The summed E-state index contributed by atoms with van der Waals surface area (Å²) in [6.07, 6.45) is 1.20. The van der Waals surface area contributed by atoms with E-state index < -0.39 is 0 Å². The Labute approximate surface area is 74.8 Å². The summed E-state index contributed by atoms with van der Waals surface area (Å²) in [5.74, 6) is 0. The van der Waals surface area contributed by atoms with Crippen molar-refractivity contribution in [1.29, 1.82) is 0 Å². The molecule has 72 valence electrons. The third-order valence-corrected chi connectivity index (χ3v) is 2.51. The molecule has 0 aromatic rings. The SMILES string of the molecule is CCCN1CC(CO)NCC1C. The molecule has 0 aromatic heterocycles. The van der Waals surface area contributed by atoms with E-state index in [1.54, 1.807) is 0 Å². The standard InChI is InChI=1S/C9H20N2O/c1-3-4-11-6-9(7-12)10-5-8(11)2/h8-10,12H,3-7H2,1-2H3. The van der Waals surface area contributed by atoms with Crippen molar-refractivity contribution in [2.75, 3.05) is 26.2 Å². The Balaban J connectivity index is 2.36. The number of rotatable bonds is 3. The van der Waals surface area contributed by atoms with E-state index in [-0.39, 0.29) is 12.6 Å². The second-order valence-electron chi connectivity index (χ2n) is 3.63. The summed E-state index contributed by atoms with van der Waals surface area (Å²) in [5, 5.41) is 12.3. The zero-order chi connectivity index (χ0) is 8.97. The summed E-state index contributed by atoms with van der Waals surface area (Å²) in [6.45, 7) is 7.84. The van der Waals surface area contributed by atoms with Crippen LogP contribution in [0, 0.1) is 0 Å². The van der Waals surface area contributed by atoms with Gasteiger partial charge in [-0.25, -0.2) is 0 Å². The Bertz CT molecular complexity index is 130. The molecule has 2 unspecified atom stereocenters. The monoisotopic (exact) mass is 172 g/mol. The van der Waals surface area contributed by atoms with Gasteiger partial charge in [-0.05, 0) is 19.9 Å². The second-order valence-corrected chi connectivity index (χ2v) is 3.63. The van der Waals surface area contributed by atoms with Crippen molar-refractivity contribution < 1.29 is 5.11 Å². The molecule has 0 spiro atoms. The lowest BCUT2D eigenvalue weighted by Crippen LogP contribution is -2.56. The Morgan fingerprint density at radius 3 is 2.92 bits per heavy atom. The second kappa shape index (κ2) is 4.80. The van der Waals surface area contributed by atoms with Crippen LogP contribution in [0.3, 0.4) is 0 Å². The van der Waals surface area contributed by atoms with E-state index in [4.69, 9.17) is 5.11 Å². The molecule has 1 fully saturated rings. The van der Waals surface area contributed by atoms with Gasteiger partial charge in [0.05, 0.1) is 6.61 Å². The molecular formula is C9H20N2O. The highest BCUT2D eigenvalue weighted by atomic mass is 16.3. The molecule has 0 aromatic carbocycles. The van der Waals surface area contributed by atoms with E-state index in [1.165, 1.54) is 6.42 Å². The van der Waals surface area contributed by atoms with Gasteiger partial charge in [0.1, 0.15) is 0 Å². The van der Waals surface area contributed by atoms with Crippen molar-refractivity contribution in [2.45, 2.75) is 32.4 Å². The predicted octanol–water partition coefficient (Wildman–Crippen LogP) is 0.0510. The van der Waals surface area contributed by atoms with Gasteiger partial charge >= 0.3 is 0 Å². The average Bonchev–Trinajstić information content (AvgIpc) is 2.09. The molecule has 1 aliphatic rings. The van der Waals surface area contributed by atoms with Gasteiger partial charge in [-0.2, -0.15) is 0 Å². The lowest BCUT2D eigenvalue weighted by atomic mass is 10.1. The van der Waals surface area contributed by atoms with Crippen LogP contribution in [0.1, 0.15) is 20.3 Å². The number of aliphatic hydroxyl groups is 1. The third-order valence-electron chi connectivity index (χ3n) is 2.51. The maximum Gasteiger partial charge on any atom is 0.0597 e. The summed E-state index contributed by atoms with van der Waals surface area (Å²) < 4.78 is 0. The van der Waals surface area contributed by atoms with Crippen molar-refractivity contribution in [3.05, 3.63) is 0 Å². The Morgan fingerprint density at radius 2 is 2.33 bits per heavy atom. The molecule has 1 rings (SSSR count). The molecular weight excluding hydrogens is 152 g/mol. The topological polar surface area (TPSA) is 35.5 Å². The van der Waals surface area contributed by atoms with Gasteiger partial charge in [0, 0.05) is 25.2 Å². The number of nitrogens with one attached hydrogen (secondary N) is 1. The molecule has 2 N–H and O–H groups in total. The van der Waals surface area contributed by atoms with Crippen LogP contribution in [0.5, 0.6) is 0 Å². The molecule has 0 amide bonds. The largest absolute Gasteiger partial charge is 0.395 e. The summed E-state index contributed by atoms with van der Waals surface area (Å²) in [7, 11) is 0. The number of aliphatic hydroxyl groups excluding tert-OH is 1. The molecule has 1 saturated heterocycles. The molecule has 1 heterocycles. The van der Waals surface area contributed by atoms with Crippen molar-refractivity contribution in [3.8, 4) is 0 Å². The van der Waals surface area contributed by atoms with Crippen molar-refractivity contribution in [1.82, 2.24) is 10.2 Å². The van der Waals surface area contributed by atoms with E-state index >= 15 is 0 Å². The first-order valence-electron chi connectivity index (χ1n) is 4.86.